The van der Waals surface area contributed by atoms with E-state index < -0.39 is 23.7 Å². The number of ether oxygens (including phenoxy) is 3. The smallest absolute Gasteiger partial charge is 0.359 e. The minimum atomic E-state index is -1.00. The Bertz CT molecular complexity index is 1960. The van der Waals surface area contributed by atoms with Crippen LogP contribution in [0.5, 0.6) is 11.5 Å². The van der Waals surface area contributed by atoms with Gasteiger partial charge in [0.05, 0.1) is 31.5 Å². The van der Waals surface area contributed by atoms with Crippen molar-refractivity contribution in [3.8, 4) is 11.5 Å². The number of aryl methyl sites for hydroxylation is 1. The van der Waals surface area contributed by atoms with Crippen molar-refractivity contribution < 1.29 is 33.5 Å². The predicted molar refractivity (Wildman–Crippen MR) is 183 cm³/mol. The molecule has 0 aliphatic carbocycles. The first-order chi connectivity index (χ1) is 24.3. The molecule has 0 radical (unpaired) electrons. The van der Waals surface area contributed by atoms with Crippen LogP contribution in [0.15, 0.2) is 103 Å². The highest BCUT2D eigenvalue weighted by Gasteiger charge is 2.29. The standard InChI is InChI=1S/C37H35N5O8/c1-3-49-37(45)34-33(39-40-41(34)23-26-18-21-28(48-2)22-19-26)35(43)29-13-7-9-15-31(29)38-36(44)30-14-8-10-16-32(30)50-24-27(42(46)47)20-17-25-11-5-4-6-12-25/h4-16,18-19,21-22,27H,3,17,20,23-24H2,1-2H3,(H,38,44). The number of hydrogen-bond acceptors (Lipinski definition) is 10. The number of carbonyl (C=O) groups excluding carboxylic acids is 3. The van der Waals surface area contributed by atoms with Gasteiger partial charge < -0.3 is 19.5 Å². The number of carbonyl (C=O) groups is 3. The normalized spacial score (nSPS) is 11.3. The van der Waals surface area contributed by atoms with E-state index in [-0.39, 0.29) is 65.1 Å². The van der Waals surface area contributed by atoms with Gasteiger partial charge in [0.15, 0.2) is 18.0 Å². The Labute approximate surface area is 287 Å². The minimum absolute atomic E-state index is 0.0515. The highest BCUT2D eigenvalue weighted by Crippen LogP contribution is 2.25. The summed E-state index contributed by atoms with van der Waals surface area (Å²) in [7, 11) is 1.55. The monoisotopic (exact) mass is 677 g/mol. The Morgan fingerprint density at radius 1 is 0.880 bits per heavy atom. The van der Waals surface area contributed by atoms with Crippen LogP contribution in [0.2, 0.25) is 0 Å². The topological polar surface area (TPSA) is 165 Å². The summed E-state index contributed by atoms with van der Waals surface area (Å²) in [4.78, 5) is 52.1. The molecule has 1 atom stereocenters. The van der Waals surface area contributed by atoms with Gasteiger partial charge in [-0.15, -0.1) is 5.10 Å². The summed E-state index contributed by atoms with van der Waals surface area (Å²) in [5.41, 5.74) is 1.66. The van der Waals surface area contributed by atoms with Gasteiger partial charge in [-0.1, -0.05) is 71.9 Å². The first-order valence-corrected chi connectivity index (χ1v) is 15.9. The third-order valence-electron chi connectivity index (χ3n) is 7.80. The van der Waals surface area contributed by atoms with E-state index in [9.17, 15) is 24.5 Å². The molecule has 0 spiro atoms. The van der Waals surface area contributed by atoms with Crippen molar-refractivity contribution >= 4 is 23.3 Å². The lowest BCUT2D eigenvalue weighted by molar-refractivity contribution is -0.525. The number of esters is 1. The highest BCUT2D eigenvalue weighted by atomic mass is 16.6. The van der Waals surface area contributed by atoms with E-state index in [1.54, 1.807) is 68.6 Å². The lowest BCUT2D eigenvalue weighted by atomic mass is 10.0. The fourth-order valence-electron chi connectivity index (χ4n) is 5.18. The molecule has 1 unspecified atom stereocenters. The Balaban J connectivity index is 1.35. The molecule has 0 saturated carbocycles. The minimum Gasteiger partial charge on any atom is -0.497 e. The van der Waals surface area contributed by atoms with E-state index in [4.69, 9.17) is 14.2 Å². The molecular weight excluding hydrogens is 642 g/mol. The maximum atomic E-state index is 14.0. The zero-order valence-corrected chi connectivity index (χ0v) is 27.5. The van der Waals surface area contributed by atoms with E-state index in [1.165, 1.54) is 22.9 Å². The molecule has 13 nitrogen and oxygen atoms in total. The summed E-state index contributed by atoms with van der Waals surface area (Å²) >= 11 is 0. The lowest BCUT2D eigenvalue weighted by Crippen LogP contribution is -2.28. The van der Waals surface area contributed by atoms with Gasteiger partial charge in [0.2, 0.25) is 11.8 Å². The first-order valence-electron chi connectivity index (χ1n) is 15.9. The van der Waals surface area contributed by atoms with Crippen LogP contribution in [0, 0.1) is 10.1 Å². The molecule has 0 saturated heterocycles. The molecule has 0 aliphatic heterocycles. The molecule has 256 valence electrons. The second-order valence-electron chi connectivity index (χ2n) is 11.1. The summed E-state index contributed by atoms with van der Waals surface area (Å²) in [5, 5.41) is 22.7. The number of hydrogen-bond donors (Lipinski definition) is 1. The Morgan fingerprint density at radius 2 is 1.56 bits per heavy atom. The SMILES string of the molecule is CCOC(=O)c1c(C(=O)c2ccccc2NC(=O)c2ccccc2OCC(CCc2ccccc2)[N+](=O)[O-])nnn1Cc1ccc(OC)cc1. The molecule has 1 aromatic heterocycles. The van der Waals surface area contributed by atoms with Crippen LogP contribution >= 0.6 is 0 Å². The van der Waals surface area contributed by atoms with Crippen LogP contribution in [-0.2, 0) is 17.7 Å². The third-order valence-corrected chi connectivity index (χ3v) is 7.80. The Morgan fingerprint density at radius 3 is 2.26 bits per heavy atom. The van der Waals surface area contributed by atoms with E-state index in [0.29, 0.717) is 12.2 Å². The number of anilines is 1. The molecule has 13 heteroatoms. The molecular formula is C37H35N5O8. The van der Waals surface area contributed by atoms with Crippen LogP contribution < -0.4 is 14.8 Å². The van der Waals surface area contributed by atoms with Gasteiger partial charge in [-0.25, -0.2) is 9.48 Å². The van der Waals surface area contributed by atoms with Gasteiger partial charge in [0.25, 0.3) is 5.91 Å². The Kier molecular flexibility index (Phi) is 11.6. The molecule has 1 heterocycles. The quantitative estimate of drug-likeness (QED) is 0.0597. The van der Waals surface area contributed by atoms with Crippen molar-refractivity contribution in [3.63, 3.8) is 0 Å². The summed E-state index contributed by atoms with van der Waals surface area (Å²) in [6.07, 6.45) is 0.745. The number of rotatable bonds is 16. The number of nitrogens with zero attached hydrogens (tertiary/aromatic N) is 4. The average molecular weight is 678 g/mol. The fourth-order valence-corrected chi connectivity index (χ4v) is 5.18. The molecule has 4 aromatic carbocycles. The van der Waals surface area contributed by atoms with Gasteiger partial charge >= 0.3 is 5.97 Å². The van der Waals surface area contributed by atoms with E-state index in [1.807, 2.05) is 30.3 Å². The largest absolute Gasteiger partial charge is 0.497 e. The number of aromatic nitrogens is 3. The van der Waals surface area contributed by atoms with E-state index in [0.717, 1.165) is 11.1 Å². The number of para-hydroxylation sites is 2. The maximum Gasteiger partial charge on any atom is 0.359 e. The zero-order valence-electron chi connectivity index (χ0n) is 27.5. The zero-order chi connectivity index (χ0) is 35.5. The summed E-state index contributed by atoms with van der Waals surface area (Å²) < 4.78 is 17.6. The number of ketones is 1. The molecule has 0 fully saturated rings. The van der Waals surface area contributed by atoms with Crippen LogP contribution in [0.25, 0.3) is 0 Å². The van der Waals surface area contributed by atoms with E-state index >= 15 is 0 Å². The molecule has 5 rings (SSSR count). The van der Waals surface area contributed by atoms with Gasteiger partial charge in [-0.2, -0.15) is 0 Å². The van der Waals surface area contributed by atoms with Crippen molar-refractivity contribution in [1.82, 2.24) is 15.0 Å². The van der Waals surface area contributed by atoms with Crippen LogP contribution in [0.3, 0.4) is 0 Å². The van der Waals surface area contributed by atoms with Gasteiger partial charge in [0, 0.05) is 16.9 Å². The molecule has 5 aromatic rings. The molecule has 1 amide bonds. The summed E-state index contributed by atoms with van der Waals surface area (Å²) in [6.45, 7) is 1.58. The van der Waals surface area contributed by atoms with Crippen molar-refractivity contribution in [1.29, 1.82) is 0 Å². The van der Waals surface area contributed by atoms with Crippen molar-refractivity contribution in [3.05, 3.63) is 147 Å². The number of nitrogens with one attached hydrogen (secondary N) is 1. The number of nitro groups is 1. The van der Waals surface area contributed by atoms with Gasteiger partial charge in [-0.05, 0) is 60.9 Å². The van der Waals surface area contributed by atoms with Crippen molar-refractivity contribution in [2.24, 2.45) is 0 Å². The third kappa shape index (κ3) is 8.55. The molecule has 0 bridgehead atoms. The lowest BCUT2D eigenvalue weighted by Gasteiger charge is -2.15. The van der Waals surface area contributed by atoms with Crippen LogP contribution in [-0.4, -0.2) is 63.9 Å². The second kappa shape index (κ2) is 16.6. The summed E-state index contributed by atoms with van der Waals surface area (Å²) in [5.74, 6) is -1.26. The number of amides is 1. The molecule has 0 aliphatic rings. The molecule has 1 N–H and O–H groups in total. The number of methoxy groups -OCH3 is 1. The fraction of sp³-hybridized carbons (Fsp3) is 0.216. The van der Waals surface area contributed by atoms with Gasteiger partial charge in [-0.3, -0.25) is 19.7 Å². The predicted octanol–water partition coefficient (Wildman–Crippen LogP) is 5.65. The second-order valence-corrected chi connectivity index (χ2v) is 11.1. The molecule has 50 heavy (non-hydrogen) atoms. The van der Waals surface area contributed by atoms with E-state index in [2.05, 4.69) is 15.6 Å². The number of benzene rings is 4. The highest BCUT2D eigenvalue weighted by molar-refractivity contribution is 6.17. The first kappa shape index (κ1) is 35.0. The maximum absolute atomic E-state index is 14.0. The summed E-state index contributed by atoms with van der Waals surface area (Å²) in [6, 6.07) is 28.2. The Hall–Kier alpha value is -6.37. The van der Waals surface area contributed by atoms with Crippen molar-refractivity contribution in [2.75, 3.05) is 25.6 Å². The van der Waals surface area contributed by atoms with Crippen LogP contribution in [0.4, 0.5) is 5.69 Å². The average Bonchev–Trinajstić information content (AvgIpc) is 3.56. The van der Waals surface area contributed by atoms with Crippen molar-refractivity contribution in [2.45, 2.75) is 32.4 Å². The van der Waals surface area contributed by atoms with Crippen LogP contribution in [0.1, 0.15) is 61.4 Å². The van der Waals surface area contributed by atoms with Gasteiger partial charge in [0.1, 0.15) is 11.5 Å².